The number of thiophene rings is 1. The molecule has 1 saturated heterocycles. The van der Waals surface area contributed by atoms with Crippen LogP contribution in [0.3, 0.4) is 0 Å². The van der Waals surface area contributed by atoms with E-state index < -0.39 is 0 Å². The van der Waals surface area contributed by atoms with E-state index in [2.05, 4.69) is 23.3 Å². The first-order valence-corrected chi connectivity index (χ1v) is 4.99. The standard InChI is InChI=1S/C9H13NS/c1-8-3-6-11-9(8)7-10-4-2-5-10/h3,6H,2,4-5,7H2,1H3. The van der Waals surface area contributed by atoms with Crippen LogP contribution in [0.15, 0.2) is 11.4 Å². The molecule has 0 unspecified atom stereocenters. The highest BCUT2D eigenvalue weighted by Crippen LogP contribution is 2.20. The van der Waals surface area contributed by atoms with E-state index in [1.54, 1.807) is 4.88 Å². The zero-order valence-electron chi connectivity index (χ0n) is 6.84. The summed E-state index contributed by atoms with van der Waals surface area (Å²) in [5, 5.41) is 2.18. The fourth-order valence-corrected chi connectivity index (χ4v) is 2.26. The number of aryl methyl sites for hydroxylation is 1. The maximum Gasteiger partial charge on any atom is 0.0330 e. The van der Waals surface area contributed by atoms with E-state index in [0.29, 0.717) is 0 Å². The van der Waals surface area contributed by atoms with Crippen LogP contribution in [0.4, 0.5) is 0 Å². The van der Waals surface area contributed by atoms with Gasteiger partial charge >= 0.3 is 0 Å². The van der Waals surface area contributed by atoms with Gasteiger partial charge in [-0.25, -0.2) is 0 Å². The van der Waals surface area contributed by atoms with Crippen molar-refractivity contribution < 1.29 is 0 Å². The second-order valence-corrected chi connectivity index (χ2v) is 4.16. The molecule has 2 heteroatoms. The number of hydrogen-bond acceptors (Lipinski definition) is 2. The summed E-state index contributed by atoms with van der Waals surface area (Å²) in [6, 6.07) is 2.21. The van der Waals surface area contributed by atoms with Crippen molar-refractivity contribution in [2.45, 2.75) is 19.9 Å². The molecule has 11 heavy (non-hydrogen) atoms. The highest BCUT2D eigenvalue weighted by molar-refractivity contribution is 7.10. The third kappa shape index (κ3) is 1.47. The Morgan fingerprint density at radius 3 is 2.82 bits per heavy atom. The predicted molar refractivity (Wildman–Crippen MR) is 49.0 cm³/mol. The minimum atomic E-state index is 1.18. The molecule has 0 bridgehead atoms. The Labute approximate surface area is 71.7 Å². The molecule has 1 aromatic heterocycles. The van der Waals surface area contributed by atoms with Gasteiger partial charge in [0, 0.05) is 11.4 Å². The van der Waals surface area contributed by atoms with Crippen LogP contribution in [0.5, 0.6) is 0 Å². The van der Waals surface area contributed by atoms with E-state index >= 15 is 0 Å². The minimum absolute atomic E-state index is 1.18. The Hall–Kier alpha value is -0.340. The lowest BCUT2D eigenvalue weighted by molar-refractivity contribution is 0.174. The van der Waals surface area contributed by atoms with Crippen LogP contribution in [0.25, 0.3) is 0 Å². The number of hydrogen-bond donors (Lipinski definition) is 0. The van der Waals surface area contributed by atoms with Crippen LogP contribution in [0, 0.1) is 6.92 Å². The van der Waals surface area contributed by atoms with Gasteiger partial charge in [0.05, 0.1) is 0 Å². The largest absolute Gasteiger partial charge is 0.298 e. The van der Waals surface area contributed by atoms with Gasteiger partial charge in [-0.1, -0.05) is 0 Å². The van der Waals surface area contributed by atoms with Crippen LogP contribution < -0.4 is 0 Å². The summed E-state index contributed by atoms with van der Waals surface area (Å²) in [5.74, 6) is 0. The summed E-state index contributed by atoms with van der Waals surface area (Å²) >= 11 is 1.89. The average molecular weight is 167 g/mol. The summed E-state index contributed by atoms with van der Waals surface area (Å²) < 4.78 is 0. The van der Waals surface area contributed by atoms with Crippen LogP contribution >= 0.6 is 11.3 Å². The third-order valence-electron chi connectivity index (χ3n) is 2.28. The van der Waals surface area contributed by atoms with Crippen LogP contribution in [0.1, 0.15) is 16.9 Å². The molecule has 1 nitrogen and oxygen atoms in total. The van der Waals surface area contributed by atoms with Crippen molar-refractivity contribution >= 4 is 11.3 Å². The molecule has 0 aliphatic carbocycles. The molecule has 0 N–H and O–H groups in total. The van der Waals surface area contributed by atoms with Crippen molar-refractivity contribution in [1.29, 1.82) is 0 Å². The zero-order valence-corrected chi connectivity index (χ0v) is 7.66. The summed E-state index contributed by atoms with van der Waals surface area (Å²) in [6.07, 6.45) is 1.39. The number of nitrogens with zero attached hydrogens (tertiary/aromatic N) is 1. The van der Waals surface area contributed by atoms with Gasteiger partial charge in [-0.15, -0.1) is 11.3 Å². The monoisotopic (exact) mass is 167 g/mol. The van der Waals surface area contributed by atoms with Gasteiger partial charge in [0.25, 0.3) is 0 Å². The molecule has 0 spiro atoms. The Kier molecular flexibility index (Phi) is 1.96. The molecule has 0 atom stereocenters. The summed E-state index contributed by atoms with van der Waals surface area (Å²) in [5.41, 5.74) is 1.46. The Morgan fingerprint density at radius 1 is 1.55 bits per heavy atom. The van der Waals surface area contributed by atoms with Gasteiger partial charge in [0.15, 0.2) is 0 Å². The topological polar surface area (TPSA) is 3.24 Å². The summed E-state index contributed by atoms with van der Waals surface area (Å²) in [6.45, 7) is 5.99. The molecule has 1 fully saturated rings. The lowest BCUT2D eigenvalue weighted by Crippen LogP contribution is -2.36. The van der Waals surface area contributed by atoms with E-state index in [0.717, 1.165) is 0 Å². The van der Waals surface area contributed by atoms with E-state index in [1.165, 1.54) is 31.6 Å². The summed E-state index contributed by atoms with van der Waals surface area (Å²) in [7, 11) is 0. The molecule has 0 aromatic carbocycles. The highest BCUT2D eigenvalue weighted by Gasteiger charge is 2.14. The number of likely N-dealkylation sites (tertiary alicyclic amines) is 1. The molecule has 2 heterocycles. The van der Waals surface area contributed by atoms with Crippen molar-refractivity contribution in [3.63, 3.8) is 0 Å². The molecular formula is C9H13NS. The van der Waals surface area contributed by atoms with Crippen molar-refractivity contribution in [2.75, 3.05) is 13.1 Å². The molecule has 1 aliphatic rings. The first kappa shape index (κ1) is 7.32. The Morgan fingerprint density at radius 2 is 2.36 bits per heavy atom. The normalized spacial score (nSPS) is 18.3. The molecule has 60 valence electrons. The first-order valence-electron chi connectivity index (χ1n) is 4.11. The Balaban J connectivity index is 1.99. The smallest absolute Gasteiger partial charge is 0.0330 e. The quantitative estimate of drug-likeness (QED) is 0.653. The minimum Gasteiger partial charge on any atom is -0.298 e. The van der Waals surface area contributed by atoms with Gasteiger partial charge in [-0.3, -0.25) is 4.90 Å². The van der Waals surface area contributed by atoms with E-state index in [-0.39, 0.29) is 0 Å². The van der Waals surface area contributed by atoms with Crippen LogP contribution in [-0.4, -0.2) is 18.0 Å². The fourth-order valence-electron chi connectivity index (χ4n) is 1.31. The van der Waals surface area contributed by atoms with Crippen molar-refractivity contribution in [1.82, 2.24) is 4.90 Å². The van der Waals surface area contributed by atoms with Crippen LogP contribution in [0.2, 0.25) is 0 Å². The highest BCUT2D eigenvalue weighted by atomic mass is 32.1. The summed E-state index contributed by atoms with van der Waals surface area (Å²) in [4.78, 5) is 4.04. The fraction of sp³-hybridized carbons (Fsp3) is 0.556. The zero-order chi connectivity index (χ0) is 7.68. The average Bonchev–Trinajstić information content (AvgIpc) is 2.27. The van der Waals surface area contributed by atoms with Gasteiger partial charge in [-0.05, 0) is 43.4 Å². The molecule has 2 rings (SSSR count). The van der Waals surface area contributed by atoms with E-state index in [9.17, 15) is 0 Å². The lowest BCUT2D eigenvalue weighted by Gasteiger charge is -2.30. The van der Waals surface area contributed by atoms with E-state index in [4.69, 9.17) is 0 Å². The van der Waals surface area contributed by atoms with Gasteiger partial charge < -0.3 is 0 Å². The van der Waals surface area contributed by atoms with Crippen molar-refractivity contribution in [3.05, 3.63) is 21.9 Å². The number of rotatable bonds is 2. The maximum atomic E-state index is 2.50. The molecule has 0 saturated carbocycles. The van der Waals surface area contributed by atoms with Crippen LogP contribution in [-0.2, 0) is 6.54 Å². The third-order valence-corrected chi connectivity index (χ3v) is 3.29. The van der Waals surface area contributed by atoms with Crippen molar-refractivity contribution in [3.8, 4) is 0 Å². The first-order chi connectivity index (χ1) is 5.36. The molecule has 0 amide bonds. The van der Waals surface area contributed by atoms with Gasteiger partial charge in [0.2, 0.25) is 0 Å². The maximum absolute atomic E-state index is 2.50. The lowest BCUT2D eigenvalue weighted by atomic mass is 10.2. The predicted octanol–water partition coefficient (Wildman–Crippen LogP) is 2.26. The molecular weight excluding hydrogens is 154 g/mol. The van der Waals surface area contributed by atoms with Gasteiger partial charge in [0.1, 0.15) is 0 Å². The van der Waals surface area contributed by atoms with Crippen molar-refractivity contribution in [2.24, 2.45) is 0 Å². The van der Waals surface area contributed by atoms with Gasteiger partial charge in [-0.2, -0.15) is 0 Å². The second kappa shape index (κ2) is 2.95. The molecule has 1 aromatic rings. The Bertz CT molecular complexity index is 237. The molecule has 1 aliphatic heterocycles. The SMILES string of the molecule is Cc1ccsc1CN1CCC1. The molecule has 0 radical (unpaired) electrons. The van der Waals surface area contributed by atoms with E-state index in [1.807, 2.05) is 11.3 Å². The second-order valence-electron chi connectivity index (χ2n) is 3.16.